The number of aromatic nitrogens is 2. The van der Waals surface area contributed by atoms with Crippen molar-refractivity contribution in [1.82, 2.24) is 20.2 Å². The highest BCUT2D eigenvalue weighted by molar-refractivity contribution is 7.17. The van der Waals surface area contributed by atoms with Crippen LogP contribution in [0, 0.1) is 0 Å². The van der Waals surface area contributed by atoms with Crippen LogP contribution in [0.4, 0.5) is 0 Å². The molecule has 0 saturated carbocycles. The topological polar surface area (TPSA) is 76.6 Å². The Bertz CT molecular complexity index is 984. The maximum Gasteiger partial charge on any atom is 0.253 e. The van der Waals surface area contributed by atoms with E-state index in [-0.39, 0.29) is 5.91 Å². The van der Waals surface area contributed by atoms with E-state index in [4.69, 9.17) is 9.47 Å². The Hall–Kier alpha value is -2.55. The van der Waals surface area contributed by atoms with Gasteiger partial charge in [0.2, 0.25) is 5.88 Å². The summed E-state index contributed by atoms with van der Waals surface area (Å²) >= 11 is 1.42. The quantitative estimate of drug-likeness (QED) is 0.596. The van der Waals surface area contributed by atoms with E-state index in [2.05, 4.69) is 44.5 Å². The summed E-state index contributed by atoms with van der Waals surface area (Å²) in [5.41, 5.74) is 2.89. The molecule has 1 fully saturated rings. The van der Waals surface area contributed by atoms with Gasteiger partial charge in [0.15, 0.2) is 0 Å². The molecule has 1 saturated heterocycles. The van der Waals surface area contributed by atoms with Crippen LogP contribution in [0.5, 0.6) is 5.88 Å². The lowest BCUT2D eigenvalue weighted by molar-refractivity contribution is 0.0342. The van der Waals surface area contributed by atoms with Gasteiger partial charge in [-0.25, -0.2) is 9.97 Å². The number of hydrogen-bond acceptors (Lipinski definition) is 7. The zero-order valence-corrected chi connectivity index (χ0v) is 17.9. The minimum absolute atomic E-state index is 0.144. The maximum atomic E-state index is 12.8. The van der Waals surface area contributed by atoms with E-state index in [9.17, 15) is 4.79 Å². The van der Waals surface area contributed by atoms with Gasteiger partial charge in [0.05, 0.1) is 30.8 Å². The van der Waals surface area contributed by atoms with Crippen molar-refractivity contribution in [3.8, 4) is 5.88 Å². The number of carbonyl (C=O) groups excluding carboxylic acids is 1. The van der Waals surface area contributed by atoms with Gasteiger partial charge in [-0.05, 0) is 17.5 Å². The molecule has 1 aliphatic rings. The number of hydrogen-bond donors (Lipinski definition) is 1. The molecule has 0 radical (unpaired) electrons. The number of nitrogens with zero attached hydrogens (tertiary/aromatic N) is 3. The Morgan fingerprint density at radius 2 is 1.97 bits per heavy atom. The van der Waals surface area contributed by atoms with Crippen molar-refractivity contribution in [3.63, 3.8) is 0 Å². The molecule has 0 unspecified atom stereocenters. The summed E-state index contributed by atoms with van der Waals surface area (Å²) in [6.07, 6.45) is 2.35. The fourth-order valence-corrected chi connectivity index (χ4v) is 4.26. The first kappa shape index (κ1) is 20.7. The van der Waals surface area contributed by atoms with E-state index < -0.39 is 0 Å². The van der Waals surface area contributed by atoms with E-state index >= 15 is 0 Å². The zero-order chi connectivity index (χ0) is 20.8. The van der Waals surface area contributed by atoms with Crippen LogP contribution in [0.25, 0.3) is 10.2 Å². The van der Waals surface area contributed by atoms with Crippen LogP contribution in [0.15, 0.2) is 36.0 Å². The minimum atomic E-state index is -0.144. The summed E-state index contributed by atoms with van der Waals surface area (Å²) < 4.78 is 11.1. The zero-order valence-electron chi connectivity index (χ0n) is 17.1. The van der Waals surface area contributed by atoms with Gasteiger partial charge in [0.25, 0.3) is 5.91 Å². The average Bonchev–Trinajstić information content (AvgIpc) is 3.23. The third-order valence-corrected chi connectivity index (χ3v) is 5.90. The average molecular weight is 427 g/mol. The van der Waals surface area contributed by atoms with Crippen LogP contribution in [-0.2, 0) is 17.8 Å². The molecular formula is C22H26N4O3S. The molecule has 1 amide bonds. The van der Waals surface area contributed by atoms with E-state index in [1.807, 2.05) is 12.3 Å². The molecule has 4 rings (SSSR count). The van der Waals surface area contributed by atoms with Crippen molar-refractivity contribution < 1.29 is 14.3 Å². The smallest absolute Gasteiger partial charge is 0.253 e. The number of nitrogens with one attached hydrogen (secondary N) is 1. The van der Waals surface area contributed by atoms with Crippen LogP contribution >= 0.6 is 11.3 Å². The van der Waals surface area contributed by atoms with Gasteiger partial charge >= 0.3 is 0 Å². The molecule has 3 aromatic rings. The Kier molecular flexibility index (Phi) is 6.88. The lowest BCUT2D eigenvalue weighted by Gasteiger charge is -2.26. The Balaban J connectivity index is 1.38. The molecule has 158 valence electrons. The largest absolute Gasteiger partial charge is 0.477 e. The lowest BCUT2D eigenvalue weighted by Crippen LogP contribution is -2.35. The van der Waals surface area contributed by atoms with Crippen LogP contribution in [0.1, 0.15) is 34.8 Å². The summed E-state index contributed by atoms with van der Waals surface area (Å²) in [6.45, 7) is 7.53. The normalized spacial score (nSPS) is 14.7. The molecule has 7 nitrogen and oxygen atoms in total. The molecule has 0 bridgehead atoms. The molecule has 8 heteroatoms. The number of carbonyl (C=O) groups is 1. The van der Waals surface area contributed by atoms with Crippen LogP contribution < -0.4 is 10.1 Å². The summed E-state index contributed by atoms with van der Waals surface area (Å²) in [4.78, 5) is 24.4. The first-order valence-electron chi connectivity index (χ1n) is 10.3. The van der Waals surface area contributed by atoms with E-state index in [1.165, 1.54) is 23.2 Å². The number of ether oxygens (including phenoxy) is 2. The van der Waals surface area contributed by atoms with Gasteiger partial charge in [-0.2, -0.15) is 0 Å². The van der Waals surface area contributed by atoms with Gasteiger partial charge in [-0.3, -0.25) is 9.69 Å². The molecule has 3 heterocycles. The molecule has 0 spiro atoms. The molecular weight excluding hydrogens is 400 g/mol. The standard InChI is InChI=1S/C22H26N4O3S/c1-2-9-29-21-19-18(14-30-22(19)25-15-24-21)20(27)23-12-16-3-5-17(6-4-16)13-26-7-10-28-11-8-26/h3-6,14-15H,2,7-13H2,1H3,(H,23,27). The highest BCUT2D eigenvalue weighted by Crippen LogP contribution is 2.30. The highest BCUT2D eigenvalue weighted by atomic mass is 32.1. The molecule has 1 aromatic carbocycles. The number of benzene rings is 1. The second-order valence-electron chi connectivity index (χ2n) is 7.24. The number of amides is 1. The third-order valence-electron chi connectivity index (χ3n) is 5.01. The van der Waals surface area contributed by atoms with Crippen LogP contribution in [0.3, 0.4) is 0 Å². The Labute approximate surface area is 180 Å². The van der Waals surface area contributed by atoms with Crippen molar-refractivity contribution >= 4 is 27.5 Å². The Morgan fingerprint density at radius 1 is 1.20 bits per heavy atom. The second-order valence-corrected chi connectivity index (χ2v) is 8.10. The monoisotopic (exact) mass is 426 g/mol. The highest BCUT2D eigenvalue weighted by Gasteiger charge is 2.18. The number of thiophene rings is 1. The van der Waals surface area contributed by atoms with Crippen molar-refractivity contribution in [2.75, 3.05) is 32.9 Å². The van der Waals surface area contributed by atoms with Crippen molar-refractivity contribution in [2.45, 2.75) is 26.4 Å². The number of morpholine rings is 1. The van der Waals surface area contributed by atoms with Crippen LogP contribution in [0.2, 0.25) is 0 Å². The summed E-state index contributed by atoms with van der Waals surface area (Å²) in [5, 5.41) is 5.51. The van der Waals surface area contributed by atoms with Crippen molar-refractivity contribution in [1.29, 1.82) is 0 Å². The fraction of sp³-hybridized carbons (Fsp3) is 0.409. The SMILES string of the molecule is CCCOc1ncnc2scc(C(=O)NCc3ccc(CN4CCOCC4)cc3)c12. The second kappa shape index (κ2) is 9.97. The maximum absolute atomic E-state index is 12.8. The summed E-state index contributed by atoms with van der Waals surface area (Å²) in [5.74, 6) is 0.329. The summed E-state index contributed by atoms with van der Waals surface area (Å²) in [7, 11) is 0. The van der Waals surface area contributed by atoms with Crippen molar-refractivity contribution in [3.05, 3.63) is 52.7 Å². The minimum Gasteiger partial charge on any atom is -0.477 e. The molecule has 1 aliphatic heterocycles. The number of fused-ring (bicyclic) bond motifs is 1. The fourth-order valence-electron chi connectivity index (χ4n) is 3.38. The molecule has 30 heavy (non-hydrogen) atoms. The van der Waals surface area contributed by atoms with Gasteiger partial charge < -0.3 is 14.8 Å². The first-order chi connectivity index (χ1) is 14.7. The molecule has 0 atom stereocenters. The van der Waals surface area contributed by atoms with Crippen molar-refractivity contribution in [2.24, 2.45) is 0 Å². The van der Waals surface area contributed by atoms with Gasteiger partial charge in [0.1, 0.15) is 11.2 Å². The number of rotatable bonds is 8. The summed E-state index contributed by atoms with van der Waals surface area (Å²) in [6, 6.07) is 8.39. The van der Waals surface area contributed by atoms with Gasteiger partial charge in [0, 0.05) is 31.6 Å². The first-order valence-corrected chi connectivity index (χ1v) is 11.1. The third kappa shape index (κ3) is 4.95. The lowest BCUT2D eigenvalue weighted by atomic mass is 10.1. The van der Waals surface area contributed by atoms with E-state index in [1.54, 1.807) is 0 Å². The van der Waals surface area contributed by atoms with E-state index in [0.29, 0.717) is 30.0 Å². The molecule has 2 aromatic heterocycles. The van der Waals surface area contributed by atoms with Gasteiger partial charge in [-0.15, -0.1) is 11.3 Å². The van der Waals surface area contributed by atoms with E-state index in [0.717, 1.165) is 49.7 Å². The molecule has 0 aliphatic carbocycles. The predicted octanol–water partition coefficient (Wildman–Crippen LogP) is 3.24. The van der Waals surface area contributed by atoms with Crippen LogP contribution in [-0.4, -0.2) is 53.7 Å². The Morgan fingerprint density at radius 3 is 2.73 bits per heavy atom. The molecule has 1 N–H and O–H groups in total. The van der Waals surface area contributed by atoms with Gasteiger partial charge in [-0.1, -0.05) is 31.2 Å². The predicted molar refractivity (Wildman–Crippen MR) is 117 cm³/mol.